The van der Waals surface area contributed by atoms with E-state index in [0.29, 0.717) is 5.56 Å². The lowest BCUT2D eigenvalue weighted by Crippen LogP contribution is -2.51. The van der Waals surface area contributed by atoms with Crippen molar-refractivity contribution in [1.82, 2.24) is 8.94 Å². The summed E-state index contributed by atoms with van der Waals surface area (Å²) in [5.74, 6) is -6.11. The molecule has 4 N–H and O–H groups in total. The van der Waals surface area contributed by atoms with Crippen LogP contribution in [0.25, 0.3) is 0 Å². The number of aliphatic hydroxyl groups is 2. The SMILES string of the molecule is O=C(N(O)O)C1(O)OC(O)=C(N2Sc3ccccc3S2)C1c1ccccc1. The van der Waals surface area contributed by atoms with Gasteiger partial charge in [0.25, 0.3) is 0 Å². The molecule has 0 aliphatic carbocycles. The summed E-state index contributed by atoms with van der Waals surface area (Å²) >= 11 is 2.59. The smallest absolute Gasteiger partial charge is 0.345 e. The van der Waals surface area contributed by atoms with Crippen molar-refractivity contribution >= 4 is 29.8 Å². The van der Waals surface area contributed by atoms with Crippen molar-refractivity contribution in [2.45, 2.75) is 21.5 Å². The molecule has 2 heterocycles. The lowest BCUT2D eigenvalue weighted by Gasteiger charge is -2.30. The van der Waals surface area contributed by atoms with E-state index < -0.39 is 28.8 Å². The molecule has 0 radical (unpaired) electrons. The Balaban J connectivity index is 1.78. The van der Waals surface area contributed by atoms with Crippen LogP contribution in [0.4, 0.5) is 0 Å². The fourth-order valence-electron chi connectivity index (χ4n) is 2.99. The summed E-state index contributed by atoms with van der Waals surface area (Å²) < 4.78 is 6.70. The van der Waals surface area contributed by atoms with Crippen LogP contribution in [0.15, 0.2) is 76.0 Å². The van der Waals surface area contributed by atoms with Gasteiger partial charge >= 0.3 is 17.6 Å². The van der Waals surface area contributed by atoms with Gasteiger partial charge in [-0.05, 0) is 17.7 Å². The summed E-state index contributed by atoms with van der Waals surface area (Å²) in [6.07, 6.45) is 0. The van der Waals surface area contributed by atoms with Crippen molar-refractivity contribution in [3.8, 4) is 0 Å². The minimum absolute atomic E-state index is 0.130. The average molecular weight is 406 g/mol. The molecular formula is C17H14N2O6S2. The van der Waals surface area contributed by atoms with Gasteiger partial charge in [-0.2, -0.15) is 0 Å². The monoisotopic (exact) mass is 406 g/mol. The zero-order chi connectivity index (χ0) is 19.2. The van der Waals surface area contributed by atoms with Gasteiger partial charge in [-0.15, -0.1) is 0 Å². The van der Waals surface area contributed by atoms with E-state index in [4.69, 9.17) is 15.2 Å². The molecule has 2 aromatic carbocycles. The third-order valence-electron chi connectivity index (χ3n) is 4.17. The molecule has 0 saturated carbocycles. The molecule has 8 nitrogen and oxygen atoms in total. The predicted molar refractivity (Wildman–Crippen MR) is 95.3 cm³/mol. The topological polar surface area (TPSA) is 114 Å². The van der Waals surface area contributed by atoms with Crippen molar-refractivity contribution in [3.63, 3.8) is 0 Å². The fourth-order valence-corrected chi connectivity index (χ4v) is 5.36. The summed E-state index contributed by atoms with van der Waals surface area (Å²) in [6.45, 7) is 0. The van der Waals surface area contributed by atoms with Gasteiger partial charge in [0.15, 0.2) is 0 Å². The molecule has 0 fully saturated rings. The first-order valence-corrected chi connectivity index (χ1v) is 9.33. The molecule has 1 amide bonds. The normalized spacial score (nSPS) is 24.0. The second-order valence-electron chi connectivity index (χ2n) is 5.81. The molecule has 2 aromatic rings. The summed E-state index contributed by atoms with van der Waals surface area (Å²) in [7, 11) is 0. The van der Waals surface area contributed by atoms with E-state index in [0.717, 1.165) is 9.79 Å². The van der Waals surface area contributed by atoms with Crippen LogP contribution in [-0.2, 0) is 9.53 Å². The van der Waals surface area contributed by atoms with E-state index in [1.54, 1.807) is 34.0 Å². The van der Waals surface area contributed by atoms with Crippen LogP contribution in [0.2, 0.25) is 0 Å². The van der Waals surface area contributed by atoms with E-state index in [1.165, 1.54) is 23.9 Å². The number of benzene rings is 2. The number of fused-ring (bicyclic) bond motifs is 1. The first-order chi connectivity index (χ1) is 12.9. The van der Waals surface area contributed by atoms with Crippen molar-refractivity contribution < 1.29 is 30.2 Å². The maximum atomic E-state index is 12.3. The quantitative estimate of drug-likeness (QED) is 0.347. The van der Waals surface area contributed by atoms with E-state index in [-0.39, 0.29) is 5.70 Å². The predicted octanol–water partition coefficient (Wildman–Crippen LogP) is 2.85. The second-order valence-corrected chi connectivity index (χ2v) is 8.02. The van der Waals surface area contributed by atoms with Crippen LogP contribution in [0, 0.1) is 0 Å². The Kier molecular flexibility index (Phi) is 4.44. The van der Waals surface area contributed by atoms with Gasteiger partial charge < -0.3 is 14.9 Å². The Labute approximate surface area is 162 Å². The molecular weight excluding hydrogens is 392 g/mol. The van der Waals surface area contributed by atoms with Gasteiger partial charge in [-0.3, -0.25) is 15.2 Å². The molecule has 2 unspecified atom stereocenters. The van der Waals surface area contributed by atoms with Gasteiger partial charge in [0.05, 0.1) is 0 Å². The summed E-state index contributed by atoms with van der Waals surface area (Å²) in [4.78, 5) is 14.1. The van der Waals surface area contributed by atoms with E-state index in [9.17, 15) is 15.0 Å². The van der Waals surface area contributed by atoms with Crippen molar-refractivity contribution in [2.75, 3.05) is 0 Å². The summed E-state index contributed by atoms with van der Waals surface area (Å²) in [5, 5.41) is 38.9. The highest BCUT2D eigenvalue weighted by atomic mass is 32.2. The zero-order valence-corrected chi connectivity index (χ0v) is 15.2. The van der Waals surface area contributed by atoms with E-state index in [1.807, 2.05) is 24.3 Å². The highest BCUT2D eigenvalue weighted by Crippen LogP contribution is 2.56. The summed E-state index contributed by atoms with van der Waals surface area (Å²) in [6, 6.07) is 16.0. The van der Waals surface area contributed by atoms with Gasteiger partial charge in [0.1, 0.15) is 11.6 Å². The average Bonchev–Trinajstić information content (AvgIpc) is 3.20. The largest absolute Gasteiger partial charge is 0.480 e. The Hall–Kier alpha value is -2.37. The number of ether oxygens (including phenoxy) is 1. The first-order valence-electron chi connectivity index (χ1n) is 7.78. The lowest BCUT2D eigenvalue weighted by atomic mass is 9.88. The maximum Gasteiger partial charge on any atom is 0.345 e. The number of amides is 1. The van der Waals surface area contributed by atoms with Crippen LogP contribution in [0.5, 0.6) is 0 Å². The Bertz CT molecular complexity index is 898. The van der Waals surface area contributed by atoms with Crippen LogP contribution >= 0.6 is 23.9 Å². The van der Waals surface area contributed by atoms with Crippen molar-refractivity contribution in [1.29, 1.82) is 0 Å². The molecule has 0 saturated heterocycles. The summed E-state index contributed by atoms with van der Waals surface area (Å²) in [5.41, 5.74) is 0.580. The molecule has 140 valence electrons. The number of nitrogens with zero attached hydrogens (tertiary/aromatic N) is 2. The Morgan fingerprint density at radius 2 is 1.59 bits per heavy atom. The highest BCUT2D eigenvalue weighted by Gasteiger charge is 2.60. The van der Waals surface area contributed by atoms with Crippen LogP contribution in [0.3, 0.4) is 0 Å². The van der Waals surface area contributed by atoms with E-state index in [2.05, 4.69) is 0 Å². The van der Waals surface area contributed by atoms with Crippen molar-refractivity contribution in [3.05, 3.63) is 71.8 Å². The standard InChI is InChI=1S/C17H14N2O6S2/c20-15-14(19-26-11-8-4-5-9-12(11)27-19)13(10-6-2-1-3-7-10)17(22,25-15)16(21)18(23)24/h1-9,13,20,22-24H. The fraction of sp³-hybridized carbons (Fsp3) is 0.118. The highest BCUT2D eigenvalue weighted by molar-refractivity contribution is 8.14. The van der Waals surface area contributed by atoms with E-state index >= 15 is 0 Å². The minimum atomic E-state index is -2.72. The molecule has 2 aliphatic heterocycles. The first kappa shape index (κ1) is 18.0. The van der Waals surface area contributed by atoms with Gasteiger partial charge in [0.2, 0.25) is 0 Å². The van der Waals surface area contributed by atoms with Crippen LogP contribution in [0.1, 0.15) is 11.5 Å². The molecule has 27 heavy (non-hydrogen) atoms. The molecule has 0 bridgehead atoms. The number of rotatable bonds is 3. The second kappa shape index (κ2) is 6.66. The Morgan fingerprint density at radius 1 is 1.04 bits per heavy atom. The zero-order valence-electron chi connectivity index (χ0n) is 13.6. The molecule has 10 heteroatoms. The third kappa shape index (κ3) is 2.91. The molecule has 2 atom stereocenters. The van der Waals surface area contributed by atoms with Crippen molar-refractivity contribution in [2.24, 2.45) is 0 Å². The maximum absolute atomic E-state index is 12.3. The number of carbonyl (C=O) groups excluding carboxylic acids is 1. The van der Waals surface area contributed by atoms with Crippen LogP contribution in [-0.4, -0.2) is 41.3 Å². The molecule has 0 aromatic heterocycles. The number of aliphatic hydroxyl groups excluding tert-OH is 1. The third-order valence-corrected chi connectivity index (χ3v) is 6.57. The molecule has 0 spiro atoms. The van der Waals surface area contributed by atoms with Gasteiger partial charge in [-0.1, -0.05) is 47.7 Å². The van der Waals surface area contributed by atoms with Gasteiger partial charge in [0, 0.05) is 33.7 Å². The number of hydrogen-bond acceptors (Lipinski definition) is 9. The number of hydroxylamine groups is 2. The molecule has 4 rings (SSSR count). The Morgan fingerprint density at radius 3 is 2.15 bits per heavy atom. The minimum Gasteiger partial charge on any atom is -0.480 e. The number of hydrogen-bond donors (Lipinski definition) is 4. The lowest BCUT2D eigenvalue weighted by molar-refractivity contribution is -0.314. The number of carbonyl (C=O) groups is 1. The van der Waals surface area contributed by atoms with Crippen LogP contribution < -0.4 is 0 Å². The van der Waals surface area contributed by atoms with Gasteiger partial charge in [-0.25, -0.2) is 3.71 Å². The molecule has 2 aliphatic rings.